The van der Waals surface area contributed by atoms with Crippen LogP contribution in [0.4, 0.5) is 19.0 Å². The lowest BCUT2D eigenvalue weighted by Crippen LogP contribution is -2.10. The average Bonchev–Trinajstić information content (AvgIpc) is 2.42. The highest BCUT2D eigenvalue weighted by Gasteiger charge is 2.27. The van der Waals surface area contributed by atoms with E-state index < -0.39 is 5.51 Å². The first kappa shape index (κ1) is 14.8. The molecular weight excluding hydrogens is 289 g/mol. The summed E-state index contributed by atoms with van der Waals surface area (Å²) in [7, 11) is 1.58. The largest absolute Gasteiger partial charge is 0.497 e. The Kier molecular flexibility index (Phi) is 4.59. The summed E-state index contributed by atoms with van der Waals surface area (Å²) in [6.07, 6.45) is 1.61. The SMILES string of the molecule is COc1ccc2c(NCCSC(F)(F)F)nccc2c1. The van der Waals surface area contributed by atoms with E-state index in [1.165, 1.54) is 0 Å². The molecule has 1 aromatic heterocycles. The van der Waals surface area contributed by atoms with Gasteiger partial charge in [-0.1, -0.05) is 0 Å². The molecule has 0 radical (unpaired) electrons. The summed E-state index contributed by atoms with van der Waals surface area (Å²) in [5.74, 6) is 1.24. The summed E-state index contributed by atoms with van der Waals surface area (Å²) in [6, 6.07) is 7.31. The van der Waals surface area contributed by atoms with Crippen molar-refractivity contribution in [2.75, 3.05) is 24.7 Å². The number of hydrogen-bond donors (Lipinski definition) is 1. The van der Waals surface area contributed by atoms with Crippen LogP contribution in [0.25, 0.3) is 10.8 Å². The highest BCUT2D eigenvalue weighted by molar-refractivity contribution is 8.00. The van der Waals surface area contributed by atoms with E-state index >= 15 is 0 Å². The average molecular weight is 302 g/mol. The smallest absolute Gasteiger partial charge is 0.441 e. The summed E-state index contributed by atoms with van der Waals surface area (Å²) in [4.78, 5) is 4.15. The second kappa shape index (κ2) is 6.21. The molecule has 1 heterocycles. The summed E-state index contributed by atoms with van der Waals surface area (Å²) >= 11 is -0.0460. The Hall–Kier alpha value is -1.63. The maximum Gasteiger partial charge on any atom is 0.441 e. The number of nitrogens with zero attached hydrogens (tertiary/aromatic N) is 1. The monoisotopic (exact) mass is 302 g/mol. The fourth-order valence-corrected chi connectivity index (χ4v) is 2.20. The van der Waals surface area contributed by atoms with Gasteiger partial charge in [0.1, 0.15) is 11.6 Å². The van der Waals surface area contributed by atoms with E-state index in [1.54, 1.807) is 19.4 Å². The molecule has 0 aliphatic rings. The van der Waals surface area contributed by atoms with Crippen molar-refractivity contribution in [3.63, 3.8) is 0 Å². The number of ether oxygens (including phenoxy) is 1. The number of anilines is 1. The minimum absolute atomic E-state index is 0.0460. The molecular formula is C13H13F3N2OS. The highest BCUT2D eigenvalue weighted by atomic mass is 32.2. The second-order valence-electron chi connectivity index (χ2n) is 3.97. The normalized spacial score (nSPS) is 11.6. The first-order valence-corrected chi connectivity index (χ1v) is 6.85. The van der Waals surface area contributed by atoms with E-state index in [9.17, 15) is 13.2 Å². The third-order valence-corrected chi connectivity index (χ3v) is 3.37. The predicted molar refractivity (Wildman–Crippen MR) is 75.3 cm³/mol. The number of benzene rings is 1. The van der Waals surface area contributed by atoms with Crippen LogP contribution < -0.4 is 10.1 Å². The van der Waals surface area contributed by atoms with Gasteiger partial charge in [0.05, 0.1) is 7.11 Å². The molecule has 1 N–H and O–H groups in total. The second-order valence-corrected chi connectivity index (χ2v) is 5.13. The maximum atomic E-state index is 12.0. The molecule has 0 aliphatic heterocycles. The molecule has 0 saturated carbocycles. The number of thioether (sulfide) groups is 1. The van der Waals surface area contributed by atoms with Crippen LogP contribution in [-0.4, -0.2) is 29.9 Å². The number of nitrogens with one attached hydrogen (secondary N) is 1. The van der Waals surface area contributed by atoms with Crippen molar-refractivity contribution >= 4 is 28.4 Å². The third kappa shape index (κ3) is 3.93. The Labute approximate surface area is 118 Å². The molecule has 1 aromatic carbocycles. The number of aromatic nitrogens is 1. The Bertz CT molecular complexity index is 589. The fraction of sp³-hybridized carbons (Fsp3) is 0.308. The van der Waals surface area contributed by atoms with Crippen molar-refractivity contribution in [3.05, 3.63) is 30.5 Å². The summed E-state index contributed by atoms with van der Waals surface area (Å²) in [6.45, 7) is 0.197. The number of pyridine rings is 1. The molecule has 20 heavy (non-hydrogen) atoms. The predicted octanol–water partition coefficient (Wildman–Crippen LogP) is 3.91. The molecule has 0 fully saturated rings. The third-order valence-electron chi connectivity index (χ3n) is 2.63. The Morgan fingerprint density at radius 3 is 2.80 bits per heavy atom. The molecule has 0 bridgehead atoms. The first-order chi connectivity index (χ1) is 9.49. The number of alkyl halides is 3. The van der Waals surface area contributed by atoms with Gasteiger partial charge in [-0.2, -0.15) is 13.2 Å². The Balaban J connectivity index is 2.07. The van der Waals surface area contributed by atoms with E-state index in [4.69, 9.17) is 4.74 Å². The van der Waals surface area contributed by atoms with Gasteiger partial charge in [0, 0.05) is 23.9 Å². The van der Waals surface area contributed by atoms with Crippen LogP contribution in [0.2, 0.25) is 0 Å². The van der Waals surface area contributed by atoms with E-state index in [2.05, 4.69) is 10.3 Å². The minimum Gasteiger partial charge on any atom is -0.497 e. The Morgan fingerprint density at radius 1 is 1.30 bits per heavy atom. The highest BCUT2D eigenvalue weighted by Crippen LogP contribution is 2.30. The van der Waals surface area contributed by atoms with Crippen molar-refractivity contribution in [1.29, 1.82) is 0 Å². The van der Waals surface area contributed by atoms with Crippen LogP contribution in [0.3, 0.4) is 0 Å². The van der Waals surface area contributed by atoms with E-state index in [0.717, 1.165) is 16.5 Å². The quantitative estimate of drug-likeness (QED) is 0.849. The Morgan fingerprint density at radius 2 is 2.10 bits per heavy atom. The zero-order chi connectivity index (χ0) is 14.6. The number of methoxy groups -OCH3 is 1. The molecule has 2 rings (SSSR count). The van der Waals surface area contributed by atoms with Crippen molar-refractivity contribution in [3.8, 4) is 5.75 Å². The lowest BCUT2D eigenvalue weighted by molar-refractivity contribution is -0.0327. The van der Waals surface area contributed by atoms with Crippen LogP contribution in [0, 0.1) is 0 Å². The molecule has 0 amide bonds. The lowest BCUT2D eigenvalue weighted by Gasteiger charge is -2.10. The molecule has 3 nitrogen and oxygen atoms in total. The van der Waals surface area contributed by atoms with E-state index in [1.807, 2.05) is 18.2 Å². The molecule has 0 aliphatic carbocycles. The van der Waals surface area contributed by atoms with Crippen molar-refractivity contribution in [1.82, 2.24) is 4.98 Å². The summed E-state index contributed by atoms with van der Waals surface area (Å²) < 4.78 is 41.2. The molecule has 0 atom stereocenters. The van der Waals surface area contributed by atoms with Gasteiger partial charge in [0.25, 0.3) is 0 Å². The van der Waals surface area contributed by atoms with Gasteiger partial charge < -0.3 is 10.1 Å². The van der Waals surface area contributed by atoms with Crippen LogP contribution in [0.1, 0.15) is 0 Å². The molecule has 0 unspecified atom stereocenters. The van der Waals surface area contributed by atoms with Crippen molar-refractivity contribution in [2.45, 2.75) is 5.51 Å². The lowest BCUT2D eigenvalue weighted by atomic mass is 10.1. The van der Waals surface area contributed by atoms with Crippen LogP contribution >= 0.6 is 11.8 Å². The molecule has 108 valence electrons. The van der Waals surface area contributed by atoms with Crippen molar-refractivity contribution in [2.24, 2.45) is 0 Å². The number of halogens is 3. The van der Waals surface area contributed by atoms with Gasteiger partial charge in [-0.15, -0.1) is 0 Å². The van der Waals surface area contributed by atoms with Crippen molar-refractivity contribution < 1.29 is 17.9 Å². The van der Waals surface area contributed by atoms with Crippen LogP contribution in [-0.2, 0) is 0 Å². The van der Waals surface area contributed by atoms with Crippen LogP contribution in [0.15, 0.2) is 30.5 Å². The zero-order valence-electron chi connectivity index (χ0n) is 10.7. The van der Waals surface area contributed by atoms with Gasteiger partial charge in [0.15, 0.2) is 0 Å². The minimum atomic E-state index is -4.19. The standard InChI is InChI=1S/C13H13F3N2OS/c1-19-10-2-3-11-9(8-10)4-5-17-12(11)18-6-7-20-13(14,15)16/h2-5,8H,6-7H2,1H3,(H,17,18). The molecule has 2 aromatic rings. The fourth-order valence-electron chi connectivity index (χ4n) is 1.76. The topological polar surface area (TPSA) is 34.1 Å². The van der Waals surface area contributed by atoms with Gasteiger partial charge in [-0.05, 0) is 41.4 Å². The number of rotatable bonds is 5. The first-order valence-electron chi connectivity index (χ1n) is 5.87. The number of fused-ring (bicyclic) bond motifs is 1. The van der Waals surface area contributed by atoms with Gasteiger partial charge in [-0.3, -0.25) is 0 Å². The summed E-state index contributed by atoms with van der Waals surface area (Å²) in [5, 5.41) is 4.70. The van der Waals surface area contributed by atoms with Crippen LogP contribution in [0.5, 0.6) is 5.75 Å². The van der Waals surface area contributed by atoms with Gasteiger partial charge in [0.2, 0.25) is 0 Å². The van der Waals surface area contributed by atoms with Gasteiger partial charge >= 0.3 is 5.51 Å². The molecule has 7 heteroatoms. The maximum absolute atomic E-state index is 12.0. The number of hydrogen-bond acceptors (Lipinski definition) is 4. The molecule has 0 spiro atoms. The van der Waals surface area contributed by atoms with Gasteiger partial charge in [-0.25, -0.2) is 4.98 Å². The zero-order valence-corrected chi connectivity index (χ0v) is 11.5. The van der Waals surface area contributed by atoms with E-state index in [-0.39, 0.29) is 24.1 Å². The molecule has 0 saturated heterocycles. The van der Waals surface area contributed by atoms with E-state index in [0.29, 0.717) is 5.82 Å². The summed E-state index contributed by atoms with van der Waals surface area (Å²) in [5.41, 5.74) is -4.19.